The number of amides is 2. The number of hydrogen-bond donors (Lipinski definition) is 7. The Morgan fingerprint density at radius 1 is 1.13 bits per heavy atom. The van der Waals surface area contributed by atoms with E-state index in [1.807, 2.05) is 0 Å². The van der Waals surface area contributed by atoms with Crippen LogP contribution in [-0.4, -0.2) is 67.3 Å². The second kappa shape index (κ2) is 10.4. The number of imidazole rings is 1. The molecule has 30 heavy (non-hydrogen) atoms. The first-order chi connectivity index (χ1) is 14.2. The van der Waals surface area contributed by atoms with Crippen LogP contribution >= 0.6 is 0 Å². The van der Waals surface area contributed by atoms with Crippen molar-refractivity contribution in [3.8, 4) is 5.75 Å². The zero-order valence-electron chi connectivity index (χ0n) is 16.3. The molecule has 11 nitrogen and oxygen atoms in total. The van der Waals surface area contributed by atoms with Crippen LogP contribution < -0.4 is 16.4 Å². The molecule has 0 aliphatic heterocycles. The summed E-state index contributed by atoms with van der Waals surface area (Å²) in [6.45, 7) is 1.23. The van der Waals surface area contributed by atoms with Gasteiger partial charge in [-0.05, 0) is 31.0 Å². The van der Waals surface area contributed by atoms with Crippen LogP contribution in [0.1, 0.15) is 18.2 Å². The van der Waals surface area contributed by atoms with Gasteiger partial charge in [-0.3, -0.25) is 9.59 Å². The number of carboxylic acids is 1. The number of benzene rings is 1. The predicted molar refractivity (Wildman–Crippen MR) is 105 cm³/mol. The van der Waals surface area contributed by atoms with E-state index in [9.17, 15) is 24.6 Å². The quantitative estimate of drug-likeness (QED) is 0.246. The number of aliphatic hydroxyl groups excluding tert-OH is 1. The van der Waals surface area contributed by atoms with Gasteiger partial charge in [-0.2, -0.15) is 0 Å². The van der Waals surface area contributed by atoms with Gasteiger partial charge in [0, 0.05) is 18.3 Å². The number of H-pyrrole nitrogens is 1. The van der Waals surface area contributed by atoms with Crippen LogP contribution in [0.2, 0.25) is 0 Å². The number of nitrogens with one attached hydrogen (secondary N) is 3. The van der Waals surface area contributed by atoms with Crippen molar-refractivity contribution in [2.75, 3.05) is 0 Å². The number of carboxylic acid groups (broad SMARTS) is 1. The number of phenolic OH excluding ortho intramolecular Hbond substituents is 1. The fourth-order valence-electron chi connectivity index (χ4n) is 2.73. The number of nitrogens with zero attached hydrogens (tertiary/aromatic N) is 1. The fourth-order valence-corrected chi connectivity index (χ4v) is 2.73. The number of hydrogen-bond acceptors (Lipinski definition) is 7. The zero-order chi connectivity index (χ0) is 22.3. The highest BCUT2D eigenvalue weighted by molar-refractivity contribution is 5.92. The van der Waals surface area contributed by atoms with Gasteiger partial charge in [-0.1, -0.05) is 12.1 Å². The average Bonchev–Trinajstić information content (AvgIpc) is 3.19. The van der Waals surface area contributed by atoms with E-state index in [1.54, 1.807) is 12.1 Å². The van der Waals surface area contributed by atoms with E-state index in [0.717, 1.165) is 0 Å². The van der Waals surface area contributed by atoms with Crippen LogP contribution in [0.15, 0.2) is 36.8 Å². The summed E-state index contributed by atoms with van der Waals surface area (Å²) in [4.78, 5) is 43.1. The number of carbonyl (C=O) groups excluding carboxylic acids is 2. The standard InChI is InChI=1S/C19H25N5O6/c1-10(25)16(19(29)30)24-18(28)15(7-12-8-21-9-22-12)23-17(27)14(20)6-11-2-4-13(26)5-3-11/h2-5,8-10,14-16,25-26H,6-7,20H2,1H3,(H,21,22)(H,23,27)(H,24,28)(H,29,30)/t10-,14+,15+,16+/m1/s1. The summed E-state index contributed by atoms with van der Waals surface area (Å²) in [6.07, 6.45) is 1.70. The van der Waals surface area contributed by atoms with E-state index in [1.165, 1.54) is 31.6 Å². The third-order valence-electron chi connectivity index (χ3n) is 4.39. The molecule has 4 atom stereocenters. The molecule has 0 bridgehead atoms. The first-order valence-corrected chi connectivity index (χ1v) is 9.19. The van der Waals surface area contributed by atoms with E-state index < -0.39 is 42.0 Å². The van der Waals surface area contributed by atoms with E-state index >= 15 is 0 Å². The highest BCUT2D eigenvalue weighted by Crippen LogP contribution is 2.11. The molecule has 1 heterocycles. The Labute approximate surface area is 172 Å². The van der Waals surface area contributed by atoms with Gasteiger partial charge < -0.3 is 36.7 Å². The summed E-state index contributed by atoms with van der Waals surface area (Å²) in [6, 6.07) is 2.51. The molecule has 1 aromatic heterocycles. The summed E-state index contributed by atoms with van der Waals surface area (Å²) < 4.78 is 0. The maximum atomic E-state index is 12.6. The molecule has 2 amide bonds. The lowest BCUT2D eigenvalue weighted by atomic mass is 10.0. The third-order valence-corrected chi connectivity index (χ3v) is 4.39. The molecule has 2 rings (SSSR count). The Bertz CT molecular complexity index is 853. The molecule has 0 fully saturated rings. The number of rotatable bonds is 10. The lowest BCUT2D eigenvalue weighted by Crippen LogP contribution is -2.57. The monoisotopic (exact) mass is 419 g/mol. The number of carbonyl (C=O) groups is 3. The van der Waals surface area contributed by atoms with E-state index in [0.29, 0.717) is 11.3 Å². The van der Waals surface area contributed by atoms with Crippen LogP contribution in [-0.2, 0) is 27.2 Å². The average molecular weight is 419 g/mol. The first-order valence-electron chi connectivity index (χ1n) is 9.19. The van der Waals surface area contributed by atoms with Crippen molar-refractivity contribution in [2.24, 2.45) is 5.73 Å². The Kier molecular flexibility index (Phi) is 7.90. The number of aromatic nitrogens is 2. The van der Waals surface area contributed by atoms with Gasteiger partial charge >= 0.3 is 5.97 Å². The third kappa shape index (κ3) is 6.57. The van der Waals surface area contributed by atoms with Crippen molar-refractivity contribution in [3.63, 3.8) is 0 Å². The molecule has 0 spiro atoms. The molecule has 11 heteroatoms. The van der Waals surface area contributed by atoms with Crippen molar-refractivity contribution in [1.29, 1.82) is 0 Å². The number of aliphatic hydroxyl groups is 1. The number of nitrogens with two attached hydrogens (primary N) is 1. The van der Waals surface area contributed by atoms with Gasteiger partial charge in [0.25, 0.3) is 0 Å². The molecule has 0 aliphatic carbocycles. The lowest BCUT2D eigenvalue weighted by molar-refractivity contribution is -0.145. The smallest absolute Gasteiger partial charge is 0.328 e. The zero-order valence-corrected chi connectivity index (χ0v) is 16.3. The number of aromatic amines is 1. The molecule has 0 radical (unpaired) electrons. The molecule has 0 aliphatic rings. The van der Waals surface area contributed by atoms with Gasteiger partial charge in [0.1, 0.15) is 11.8 Å². The molecular weight excluding hydrogens is 394 g/mol. The summed E-state index contributed by atoms with van der Waals surface area (Å²) >= 11 is 0. The van der Waals surface area contributed by atoms with Crippen LogP contribution in [0.25, 0.3) is 0 Å². The van der Waals surface area contributed by atoms with Gasteiger partial charge in [0.15, 0.2) is 6.04 Å². The molecule has 1 aromatic carbocycles. The minimum atomic E-state index is -1.54. The van der Waals surface area contributed by atoms with Gasteiger partial charge in [0.05, 0.1) is 18.5 Å². The summed E-state index contributed by atoms with van der Waals surface area (Å²) in [5.41, 5.74) is 7.19. The minimum absolute atomic E-state index is 0.00957. The molecular formula is C19H25N5O6. The summed E-state index contributed by atoms with van der Waals surface area (Å²) in [5, 5.41) is 32.8. The van der Waals surface area contributed by atoms with Crippen LogP contribution in [0.3, 0.4) is 0 Å². The van der Waals surface area contributed by atoms with Crippen molar-refractivity contribution in [1.82, 2.24) is 20.6 Å². The number of phenols is 1. The van der Waals surface area contributed by atoms with Crippen molar-refractivity contribution in [3.05, 3.63) is 48.0 Å². The van der Waals surface area contributed by atoms with Gasteiger partial charge in [-0.15, -0.1) is 0 Å². The molecule has 162 valence electrons. The van der Waals surface area contributed by atoms with Crippen LogP contribution in [0.5, 0.6) is 5.75 Å². The van der Waals surface area contributed by atoms with Crippen molar-refractivity contribution in [2.45, 2.75) is 44.0 Å². The largest absolute Gasteiger partial charge is 0.508 e. The van der Waals surface area contributed by atoms with Gasteiger partial charge in [-0.25, -0.2) is 9.78 Å². The predicted octanol–water partition coefficient (Wildman–Crippen LogP) is -1.34. The maximum Gasteiger partial charge on any atom is 0.328 e. The van der Waals surface area contributed by atoms with E-state index in [2.05, 4.69) is 20.6 Å². The van der Waals surface area contributed by atoms with E-state index in [-0.39, 0.29) is 18.6 Å². The summed E-state index contributed by atoms with van der Waals surface area (Å²) in [7, 11) is 0. The topological polar surface area (TPSA) is 191 Å². The van der Waals surface area contributed by atoms with Crippen molar-refractivity contribution < 1.29 is 29.7 Å². The number of aromatic hydroxyl groups is 1. The Hall–Kier alpha value is -3.44. The second-order valence-corrected chi connectivity index (χ2v) is 6.88. The van der Waals surface area contributed by atoms with Crippen molar-refractivity contribution >= 4 is 17.8 Å². The number of aliphatic carboxylic acids is 1. The van der Waals surface area contributed by atoms with Crippen LogP contribution in [0, 0.1) is 0 Å². The van der Waals surface area contributed by atoms with E-state index in [4.69, 9.17) is 10.8 Å². The Morgan fingerprint density at radius 2 is 1.80 bits per heavy atom. The normalized spacial score (nSPS) is 14.9. The first kappa shape index (κ1) is 22.8. The Balaban J connectivity index is 2.09. The molecule has 8 N–H and O–H groups in total. The summed E-state index contributed by atoms with van der Waals surface area (Å²) in [5.74, 6) is -2.73. The SMILES string of the molecule is C[C@@H](O)[C@H](NC(=O)[C@H](Cc1cnc[nH]1)NC(=O)[C@@H](N)Cc1ccc(O)cc1)C(=O)O. The minimum Gasteiger partial charge on any atom is -0.508 e. The van der Waals surface area contributed by atoms with Gasteiger partial charge in [0.2, 0.25) is 11.8 Å². The van der Waals surface area contributed by atoms with Crippen LogP contribution in [0.4, 0.5) is 0 Å². The highest BCUT2D eigenvalue weighted by atomic mass is 16.4. The molecule has 0 saturated carbocycles. The maximum absolute atomic E-state index is 12.6. The fraction of sp³-hybridized carbons (Fsp3) is 0.368. The highest BCUT2D eigenvalue weighted by Gasteiger charge is 2.30. The molecule has 2 aromatic rings. The lowest BCUT2D eigenvalue weighted by Gasteiger charge is -2.23. The Morgan fingerprint density at radius 3 is 2.33 bits per heavy atom. The molecule has 0 saturated heterocycles. The second-order valence-electron chi connectivity index (χ2n) is 6.88. The molecule has 0 unspecified atom stereocenters.